The fraction of sp³-hybridized carbons (Fsp3) is 0.467. The number of nitrogens with zero attached hydrogens (tertiary/aromatic N) is 2. The first-order valence-electron chi connectivity index (χ1n) is 6.99. The number of hydrogen-bond donors (Lipinski definition) is 1. The van der Waals surface area contributed by atoms with Crippen molar-refractivity contribution in [3.8, 4) is 10.7 Å². The third-order valence-corrected chi connectivity index (χ3v) is 5.08. The van der Waals surface area contributed by atoms with Crippen LogP contribution >= 0.6 is 27.3 Å². The minimum atomic E-state index is 0.443. The predicted octanol–water partition coefficient (Wildman–Crippen LogP) is 4.34. The van der Waals surface area contributed by atoms with E-state index in [4.69, 9.17) is 4.98 Å². The van der Waals surface area contributed by atoms with Gasteiger partial charge in [0.05, 0.1) is 5.69 Å². The molecular formula is C15H18BrN3S. The summed E-state index contributed by atoms with van der Waals surface area (Å²) in [5.41, 5.74) is 2.15. The summed E-state index contributed by atoms with van der Waals surface area (Å²) in [5, 5.41) is 4.59. The lowest BCUT2D eigenvalue weighted by atomic mass is 10.1. The Hall–Kier alpha value is -0.780. The van der Waals surface area contributed by atoms with E-state index in [2.05, 4.69) is 40.1 Å². The molecule has 1 aliphatic rings. The summed E-state index contributed by atoms with van der Waals surface area (Å²) in [4.78, 5) is 10.6. The lowest BCUT2D eigenvalue weighted by molar-refractivity contribution is 0.681. The van der Waals surface area contributed by atoms with Gasteiger partial charge in [0.25, 0.3) is 0 Å². The van der Waals surface area contributed by atoms with Gasteiger partial charge in [0.1, 0.15) is 10.7 Å². The number of aromatic nitrogens is 2. The van der Waals surface area contributed by atoms with Crippen LogP contribution in [0.2, 0.25) is 0 Å². The fourth-order valence-electron chi connectivity index (χ4n) is 2.11. The number of thiazole rings is 1. The fourth-order valence-corrected chi connectivity index (χ4v) is 3.86. The van der Waals surface area contributed by atoms with Crippen LogP contribution in [0, 0.1) is 0 Å². The summed E-state index contributed by atoms with van der Waals surface area (Å²) < 4.78 is 1.01. The summed E-state index contributed by atoms with van der Waals surface area (Å²) in [6.07, 6.45) is 4.45. The van der Waals surface area contributed by atoms with Crippen molar-refractivity contribution in [2.24, 2.45) is 0 Å². The van der Waals surface area contributed by atoms with E-state index >= 15 is 0 Å². The normalized spacial score (nSPS) is 15.0. The zero-order valence-electron chi connectivity index (χ0n) is 11.7. The van der Waals surface area contributed by atoms with Crippen molar-refractivity contribution in [1.82, 2.24) is 15.3 Å². The molecular weight excluding hydrogens is 334 g/mol. The van der Waals surface area contributed by atoms with E-state index in [-0.39, 0.29) is 0 Å². The molecule has 0 atom stereocenters. The molecule has 2 heterocycles. The molecule has 106 valence electrons. The molecule has 1 fully saturated rings. The van der Waals surface area contributed by atoms with E-state index in [0.29, 0.717) is 5.92 Å². The highest BCUT2D eigenvalue weighted by Gasteiger charge is 2.23. The summed E-state index contributed by atoms with van der Waals surface area (Å²) in [7, 11) is 0. The highest BCUT2D eigenvalue weighted by atomic mass is 79.9. The van der Waals surface area contributed by atoms with Crippen LogP contribution in [-0.4, -0.2) is 16.0 Å². The molecule has 0 radical (unpaired) electrons. The molecule has 0 unspecified atom stereocenters. The number of hydrogen-bond acceptors (Lipinski definition) is 4. The quantitative estimate of drug-likeness (QED) is 0.870. The highest BCUT2D eigenvalue weighted by Crippen LogP contribution is 2.34. The van der Waals surface area contributed by atoms with Crippen LogP contribution in [0.25, 0.3) is 10.7 Å². The minimum Gasteiger partial charge on any atom is -0.309 e. The van der Waals surface area contributed by atoms with Crippen molar-refractivity contribution in [2.45, 2.75) is 45.2 Å². The predicted molar refractivity (Wildman–Crippen MR) is 87.0 cm³/mol. The molecule has 3 rings (SSSR count). The molecule has 0 amide bonds. The molecule has 1 saturated carbocycles. The maximum atomic E-state index is 4.83. The van der Waals surface area contributed by atoms with Crippen molar-refractivity contribution in [2.75, 3.05) is 0 Å². The lowest BCUT2D eigenvalue weighted by Gasteiger charge is -2.05. The highest BCUT2D eigenvalue weighted by molar-refractivity contribution is 9.10. The summed E-state index contributed by atoms with van der Waals surface area (Å²) >= 11 is 5.32. The Morgan fingerprint density at radius 2 is 2.25 bits per heavy atom. The lowest BCUT2D eigenvalue weighted by Crippen LogP contribution is -2.15. The second-order valence-corrected chi connectivity index (χ2v) is 7.41. The molecule has 0 bridgehead atoms. The van der Waals surface area contributed by atoms with Gasteiger partial charge < -0.3 is 5.32 Å². The number of rotatable bonds is 5. The topological polar surface area (TPSA) is 37.8 Å². The van der Waals surface area contributed by atoms with Gasteiger partial charge in [-0.3, -0.25) is 4.98 Å². The van der Waals surface area contributed by atoms with Crippen LogP contribution in [0.1, 0.15) is 43.2 Å². The molecule has 1 aliphatic carbocycles. The maximum absolute atomic E-state index is 4.83. The standard InChI is InChI=1S/C15H18BrN3S/c1-9(2)13-12(8-18-10-5-6-10)20-15(19-13)14-11(16)4-3-7-17-14/h3-4,7,9-10,18H,5-6,8H2,1-2H3. The van der Waals surface area contributed by atoms with Gasteiger partial charge in [-0.05, 0) is 46.8 Å². The van der Waals surface area contributed by atoms with Gasteiger partial charge in [-0.25, -0.2) is 4.98 Å². The van der Waals surface area contributed by atoms with E-state index < -0.39 is 0 Å². The SMILES string of the molecule is CC(C)c1nc(-c2ncccc2Br)sc1CNC1CC1. The molecule has 0 aromatic carbocycles. The van der Waals surface area contributed by atoms with Gasteiger partial charge in [-0.1, -0.05) is 13.8 Å². The van der Waals surface area contributed by atoms with Gasteiger partial charge in [-0.2, -0.15) is 0 Å². The van der Waals surface area contributed by atoms with E-state index in [0.717, 1.165) is 27.8 Å². The van der Waals surface area contributed by atoms with Crippen LogP contribution in [0.3, 0.4) is 0 Å². The molecule has 0 spiro atoms. The average Bonchev–Trinajstić information content (AvgIpc) is 3.15. The summed E-state index contributed by atoms with van der Waals surface area (Å²) in [6, 6.07) is 4.67. The Morgan fingerprint density at radius 3 is 2.90 bits per heavy atom. The Kier molecular flexibility index (Phi) is 4.19. The molecule has 5 heteroatoms. The molecule has 0 saturated heterocycles. The van der Waals surface area contributed by atoms with Crippen molar-refractivity contribution in [1.29, 1.82) is 0 Å². The Morgan fingerprint density at radius 1 is 1.45 bits per heavy atom. The first-order chi connectivity index (χ1) is 9.65. The first-order valence-corrected chi connectivity index (χ1v) is 8.60. The summed E-state index contributed by atoms with van der Waals surface area (Å²) in [5.74, 6) is 0.443. The average molecular weight is 352 g/mol. The van der Waals surface area contributed by atoms with E-state index in [1.165, 1.54) is 23.4 Å². The van der Waals surface area contributed by atoms with Crippen molar-refractivity contribution < 1.29 is 0 Å². The van der Waals surface area contributed by atoms with Crippen LogP contribution in [0.15, 0.2) is 22.8 Å². The second kappa shape index (κ2) is 5.92. The Balaban J connectivity index is 1.91. The zero-order chi connectivity index (χ0) is 14.1. The van der Waals surface area contributed by atoms with Crippen LogP contribution in [0.5, 0.6) is 0 Å². The smallest absolute Gasteiger partial charge is 0.143 e. The van der Waals surface area contributed by atoms with Crippen molar-refractivity contribution in [3.63, 3.8) is 0 Å². The second-order valence-electron chi connectivity index (χ2n) is 5.47. The van der Waals surface area contributed by atoms with Gasteiger partial charge in [0.2, 0.25) is 0 Å². The Bertz CT molecular complexity index is 605. The van der Waals surface area contributed by atoms with E-state index in [1.54, 1.807) is 11.3 Å². The Labute approximate surface area is 132 Å². The van der Waals surface area contributed by atoms with Gasteiger partial charge >= 0.3 is 0 Å². The molecule has 0 aliphatic heterocycles. The number of nitrogens with one attached hydrogen (secondary N) is 1. The maximum Gasteiger partial charge on any atom is 0.143 e. The van der Waals surface area contributed by atoms with Crippen LogP contribution in [0.4, 0.5) is 0 Å². The van der Waals surface area contributed by atoms with Gasteiger partial charge in [0, 0.05) is 28.1 Å². The van der Waals surface area contributed by atoms with Gasteiger partial charge in [-0.15, -0.1) is 11.3 Å². The molecule has 1 N–H and O–H groups in total. The van der Waals surface area contributed by atoms with Crippen molar-refractivity contribution >= 4 is 27.3 Å². The first kappa shape index (κ1) is 14.2. The van der Waals surface area contributed by atoms with Crippen LogP contribution in [-0.2, 0) is 6.54 Å². The zero-order valence-corrected chi connectivity index (χ0v) is 14.1. The number of pyridine rings is 1. The minimum absolute atomic E-state index is 0.443. The molecule has 2 aromatic heterocycles. The third-order valence-electron chi connectivity index (χ3n) is 3.36. The largest absolute Gasteiger partial charge is 0.309 e. The summed E-state index contributed by atoms with van der Waals surface area (Å²) in [6.45, 7) is 5.33. The van der Waals surface area contributed by atoms with Crippen molar-refractivity contribution in [3.05, 3.63) is 33.4 Å². The van der Waals surface area contributed by atoms with Crippen LogP contribution < -0.4 is 5.32 Å². The molecule has 20 heavy (non-hydrogen) atoms. The molecule has 2 aromatic rings. The number of halogens is 1. The monoisotopic (exact) mass is 351 g/mol. The van der Waals surface area contributed by atoms with Gasteiger partial charge in [0.15, 0.2) is 0 Å². The van der Waals surface area contributed by atoms with E-state index in [1.807, 2.05) is 18.3 Å². The van der Waals surface area contributed by atoms with E-state index in [9.17, 15) is 0 Å². The molecule has 3 nitrogen and oxygen atoms in total. The third kappa shape index (κ3) is 3.10.